The summed E-state index contributed by atoms with van der Waals surface area (Å²) in [5.74, 6) is 0.380. The van der Waals surface area contributed by atoms with E-state index in [9.17, 15) is 4.79 Å². The van der Waals surface area contributed by atoms with E-state index in [1.54, 1.807) is 18.0 Å². The normalized spacial score (nSPS) is 20.6. The number of carbonyl (C=O) groups is 1. The number of benzene rings is 1. The number of carbonyl (C=O) groups excluding carboxylic acids is 1. The van der Waals surface area contributed by atoms with E-state index in [4.69, 9.17) is 5.73 Å². The molecule has 3 rings (SSSR count). The predicted octanol–water partition coefficient (Wildman–Crippen LogP) is 3.03. The molecule has 0 spiro atoms. The fourth-order valence-corrected chi connectivity index (χ4v) is 3.73. The average Bonchev–Trinajstić information content (AvgIpc) is 3.11. The van der Waals surface area contributed by atoms with Gasteiger partial charge in [-0.15, -0.1) is 0 Å². The smallest absolute Gasteiger partial charge is 0.224 e. The Morgan fingerprint density at radius 2 is 2.17 bits per heavy atom. The number of nitrogens with one attached hydrogen (secondary N) is 1. The molecule has 0 bridgehead atoms. The number of rotatable bonds is 5. The Bertz CT molecular complexity index is 667. The largest absolute Gasteiger partial charge is 0.329 e. The standard InChI is InChI=1S/C17H22N4OS/c1-21-10-9-19-17(21)23-14-7-5-13(6-8-14)20-16(22)11-12-3-2-4-15(12)18/h5-10,12,15H,2-4,11,18H2,1H3,(H,20,22)/t12-,15+/m0/s1. The first-order valence-electron chi connectivity index (χ1n) is 7.92. The van der Waals surface area contributed by atoms with Crippen LogP contribution < -0.4 is 11.1 Å². The SMILES string of the molecule is Cn1ccnc1Sc1ccc(NC(=O)C[C@@H]2CCC[C@H]2N)cc1. The minimum absolute atomic E-state index is 0.0526. The number of amides is 1. The quantitative estimate of drug-likeness (QED) is 0.884. The van der Waals surface area contributed by atoms with Crippen molar-refractivity contribution in [2.75, 3.05) is 5.32 Å². The molecule has 0 saturated heterocycles. The van der Waals surface area contributed by atoms with E-state index < -0.39 is 0 Å². The van der Waals surface area contributed by atoms with E-state index in [1.807, 2.05) is 42.1 Å². The molecule has 0 unspecified atom stereocenters. The van der Waals surface area contributed by atoms with Crippen LogP contribution in [0.5, 0.6) is 0 Å². The van der Waals surface area contributed by atoms with Gasteiger partial charge in [-0.25, -0.2) is 4.98 Å². The molecule has 1 saturated carbocycles. The van der Waals surface area contributed by atoms with Gasteiger partial charge in [0.15, 0.2) is 5.16 Å². The van der Waals surface area contributed by atoms with Crippen LogP contribution >= 0.6 is 11.8 Å². The Labute approximate surface area is 140 Å². The molecule has 122 valence electrons. The molecule has 2 atom stereocenters. The number of hydrogen-bond acceptors (Lipinski definition) is 4. The summed E-state index contributed by atoms with van der Waals surface area (Å²) in [7, 11) is 1.97. The Hall–Kier alpha value is -1.79. The molecule has 0 aliphatic heterocycles. The summed E-state index contributed by atoms with van der Waals surface area (Å²) >= 11 is 1.60. The minimum atomic E-state index is 0.0526. The lowest BCUT2D eigenvalue weighted by Gasteiger charge is -2.14. The number of nitrogens with two attached hydrogens (primary N) is 1. The van der Waals surface area contributed by atoms with Crippen LogP contribution in [0.4, 0.5) is 5.69 Å². The summed E-state index contributed by atoms with van der Waals surface area (Å²) in [5, 5.41) is 3.90. The Morgan fingerprint density at radius 1 is 1.39 bits per heavy atom. The first-order chi connectivity index (χ1) is 11.1. The van der Waals surface area contributed by atoms with Crippen molar-refractivity contribution in [3.05, 3.63) is 36.7 Å². The van der Waals surface area contributed by atoms with Gasteiger partial charge in [0, 0.05) is 42.5 Å². The average molecular weight is 330 g/mol. The molecule has 1 amide bonds. The van der Waals surface area contributed by atoms with E-state index in [-0.39, 0.29) is 11.9 Å². The zero-order valence-electron chi connectivity index (χ0n) is 13.2. The Kier molecular flexibility index (Phi) is 5.03. The van der Waals surface area contributed by atoms with Crippen molar-refractivity contribution in [2.45, 2.75) is 41.8 Å². The maximum absolute atomic E-state index is 12.1. The van der Waals surface area contributed by atoms with E-state index in [0.717, 1.165) is 35.0 Å². The molecule has 23 heavy (non-hydrogen) atoms. The highest BCUT2D eigenvalue weighted by Gasteiger charge is 2.25. The molecule has 1 fully saturated rings. The summed E-state index contributed by atoms with van der Waals surface area (Å²) in [4.78, 5) is 17.5. The number of nitrogens with zero attached hydrogens (tertiary/aromatic N) is 2. The summed E-state index contributed by atoms with van der Waals surface area (Å²) < 4.78 is 1.98. The second kappa shape index (κ2) is 7.19. The predicted molar refractivity (Wildman–Crippen MR) is 92.3 cm³/mol. The maximum Gasteiger partial charge on any atom is 0.224 e. The zero-order chi connectivity index (χ0) is 16.2. The molecule has 1 aromatic heterocycles. The van der Waals surface area contributed by atoms with Crippen molar-refractivity contribution in [1.82, 2.24) is 9.55 Å². The monoisotopic (exact) mass is 330 g/mol. The lowest BCUT2D eigenvalue weighted by atomic mass is 10.00. The highest BCUT2D eigenvalue weighted by molar-refractivity contribution is 7.99. The van der Waals surface area contributed by atoms with Gasteiger partial charge in [-0.1, -0.05) is 18.2 Å². The highest BCUT2D eigenvalue weighted by atomic mass is 32.2. The highest BCUT2D eigenvalue weighted by Crippen LogP contribution is 2.28. The lowest BCUT2D eigenvalue weighted by molar-refractivity contribution is -0.117. The second-order valence-corrected chi connectivity index (χ2v) is 7.09. The summed E-state index contributed by atoms with van der Waals surface area (Å²) in [6.45, 7) is 0. The number of imidazole rings is 1. The first-order valence-corrected chi connectivity index (χ1v) is 8.74. The van der Waals surface area contributed by atoms with Crippen LogP contribution in [0.2, 0.25) is 0 Å². The summed E-state index contributed by atoms with van der Waals surface area (Å²) in [6.07, 6.45) is 7.46. The van der Waals surface area contributed by atoms with E-state index in [1.165, 1.54) is 0 Å². The lowest BCUT2D eigenvalue weighted by Crippen LogP contribution is -2.28. The van der Waals surface area contributed by atoms with Crippen molar-refractivity contribution in [2.24, 2.45) is 18.7 Å². The van der Waals surface area contributed by atoms with E-state index in [0.29, 0.717) is 12.3 Å². The van der Waals surface area contributed by atoms with Gasteiger partial charge < -0.3 is 15.6 Å². The van der Waals surface area contributed by atoms with E-state index in [2.05, 4.69) is 10.3 Å². The van der Waals surface area contributed by atoms with Crippen LogP contribution in [0, 0.1) is 5.92 Å². The van der Waals surface area contributed by atoms with Crippen LogP contribution in [0.1, 0.15) is 25.7 Å². The molecule has 3 N–H and O–H groups in total. The van der Waals surface area contributed by atoms with E-state index >= 15 is 0 Å². The molecule has 1 aromatic carbocycles. The van der Waals surface area contributed by atoms with Gasteiger partial charge in [0.25, 0.3) is 0 Å². The van der Waals surface area contributed by atoms with Crippen molar-refractivity contribution in [3.63, 3.8) is 0 Å². The molecular weight excluding hydrogens is 308 g/mol. The van der Waals surface area contributed by atoms with Crippen molar-refractivity contribution in [3.8, 4) is 0 Å². The van der Waals surface area contributed by atoms with Gasteiger partial charge in [0.2, 0.25) is 5.91 Å². The Balaban J connectivity index is 1.55. The number of hydrogen-bond donors (Lipinski definition) is 2. The summed E-state index contributed by atoms with van der Waals surface area (Å²) in [5.41, 5.74) is 6.85. The van der Waals surface area contributed by atoms with Crippen LogP contribution in [0.25, 0.3) is 0 Å². The molecule has 1 aliphatic rings. The molecule has 1 aliphatic carbocycles. The zero-order valence-corrected chi connectivity index (χ0v) is 14.1. The van der Waals surface area contributed by atoms with Gasteiger partial charge >= 0.3 is 0 Å². The molecule has 5 nitrogen and oxygen atoms in total. The van der Waals surface area contributed by atoms with Gasteiger partial charge in [0.1, 0.15) is 0 Å². The van der Waals surface area contributed by atoms with Gasteiger partial charge in [-0.2, -0.15) is 0 Å². The van der Waals surface area contributed by atoms with Crippen LogP contribution in [-0.2, 0) is 11.8 Å². The molecule has 0 radical (unpaired) electrons. The van der Waals surface area contributed by atoms with Crippen LogP contribution in [-0.4, -0.2) is 21.5 Å². The topological polar surface area (TPSA) is 72.9 Å². The molecule has 6 heteroatoms. The summed E-state index contributed by atoms with van der Waals surface area (Å²) in [6, 6.07) is 8.03. The van der Waals surface area contributed by atoms with Crippen molar-refractivity contribution in [1.29, 1.82) is 0 Å². The third-order valence-corrected chi connectivity index (χ3v) is 5.37. The molecule has 2 aromatic rings. The second-order valence-electron chi connectivity index (χ2n) is 6.05. The maximum atomic E-state index is 12.1. The van der Waals surface area contributed by atoms with Crippen LogP contribution in [0.15, 0.2) is 46.7 Å². The number of anilines is 1. The van der Waals surface area contributed by atoms with Crippen molar-refractivity contribution < 1.29 is 4.79 Å². The van der Waals surface area contributed by atoms with Gasteiger partial charge in [-0.05, 0) is 43.0 Å². The number of aryl methyl sites for hydroxylation is 1. The third kappa shape index (κ3) is 4.14. The fraction of sp³-hybridized carbons (Fsp3) is 0.412. The van der Waals surface area contributed by atoms with Crippen molar-refractivity contribution >= 4 is 23.4 Å². The third-order valence-electron chi connectivity index (χ3n) is 4.29. The van der Waals surface area contributed by atoms with Gasteiger partial charge in [0.05, 0.1) is 0 Å². The molecular formula is C17H22N4OS. The van der Waals surface area contributed by atoms with Gasteiger partial charge in [-0.3, -0.25) is 4.79 Å². The van der Waals surface area contributed by atoms with Crippen LogP contribution in [0.3, 0.4) is 0 Å². The number of aromatic nitrogens is 2. The fourth-order valence-electron chi connectivity index (χ4n) is 2.93. The first kappa shape index (κ1) is 16.1. The minimum Gasteiger partial charge on any atom is -0.329 e. The Morgan fingerprint density at radius 3 is 2.78 bits per heavy atom. The molecule has 1 heterocycles.